The van der Waals surface area contributed by atoms with Crippen molar-refractivity contribution in [1.82, 2.24) is 0 Å². The van der Waals surface area contributed by atoms with Gasteiger partial charge in [0.15, 0.2) is 5.75 Å². The molecule has 32 heavy (non-hydrogen) atoms. The number of fused-ring (bicyclic) bond motifs is 2. The molecule has 0 heterocycles. The largest absolute Gasteiger partial charge is 0.507 e. The molecular formula is C20H20N2O8S2. The number of allylic oxidation sites excluding steroid dienone is 1. The van der Waals surface area contributed by atoms with Crippen molar-refractivity contribution >= 4 is 48.5 Å². The summed E-state index contributed by atoms with van der Waals surface area (Å²) in [7, 11) is -9.46. The Kier molecular flexibility index (Phi) is 6.07. The van der Waals surface area contributed by atoms with Gasteiger partial charge < -0.3 is 21.7 Å². The van der Waals surface area contributed by atoms with Gasteiger partial charge in [0.1, 0.15) is 10.6 Å². The predicted octanol–water partition coefficient (Wildman–Crippen LogP) is 2.55. The molecule has 0 fully saturated rings. The van der Waals surface area contributed by atoms with Gasteiger partial charge in [0, 0.05) is 17.3 Å². The van der Waals surface area contributed by atoms with Crippen LogP contribution in [0.1, 0.15) is 17.5 Å². The maximum absolute atomic E-state index is 11.2. The lowest BCUT2D eigenvalue weighted by molar-refractivity contribution is 0.458. The number of nitrogens with two attached hydrogens (primary N) is 2. The number of phenols is 2. The van der Waals surface area contributed by atoms with Crippen molar-refractivity contribution in [3.05, 3.63) is 53.6 Å². The summed E-state index contributed by atoms with van der Waals surface area (Å²) >= 11 is 0. The Morgan fingerprint density at radius 3 is 2.19 bits per heavy atom. The van der Waals surface area contributed by atoms with E-state index in [1.807, 2.05) is 12.1 Å². The van der Waals surface area contributed by atoms with Gasteiger partial charge in [0.25, 0.3) is 20.2 Å². The third kappa shape index (κ3) is 4.62. The van der Waals surface area contributed by atoms with Gasteiger partial charge in [-0.05, 0) is 42.0 Å². The fourth-order valence-electron chi connectivity index (χ4n) is 3.32. The lowest BCUT2D eigenvalue weighted by Crippen LogP contribution is -2.04. The van der Waals surface area contributed by atoms with Gasteiger partial charge >= 0.3 is 0 Å². The smallest absolute Gasteiger partial charge is 0.296 e. The minimum atomic E-state index is -4.79. The maximum atomic E-state index is 11.2. The molecule has 0 spiro atoms. The molecular weight excluding hydrogens is 460 g/mol. The molecule has 0 atom stereocenters. The first-order valence-corrected chi connectivity index (χ1v) is 12.0. The second kappa shape index (κ2) is 8.31. The molecule has 8 N–H and O–H groups in total. The zero-order valence-electron chi connectivity index (χ0n) is 16.4. The highest BCUT2D eigenvalue weighted by Gasteiger charge is 2.23. The molecule has 10 nitrogen and oxygen atoms in total. The van der Waals surface area contributed by atoms with Gasteiger partial charge in [-0.25, -0.2) is 0 Å². The second-order valence-corrected chi connectivity index (χ2v) is 9.80. The monoisotopic (exact) mass is 480 g/mol. The number of hydrogen-bond acceptors (Lipinski definition) is 8. The van der Waals surface area contributed by atoms with Crippen molar-refractivity contribution in [1.29, 1.82) is 0 Å². The molecule has 0 aliphatic heterocycles. The van der Waals surface area contributed by atoms with Gasteiger partial charge in [-0.2, -0.15) is 16.8 Å². The molecule has 0 radical (unpaired) electrons. The zero-order valence-corrected chi connectivity index (χ0v) is 18.1. The molecule has 1 aliphatic carbocycles. The van der Waals surface area contributed by atoms with E-state index in [0.717, 1.165) is 30.7 Å². The van der Waals surface area contributed by atoms with E-state index in [-0.39, 0.29) is 10.8 Å². The standard InChI is InChI=1S/C10H9NO8S2.C10H11N/c11-9-7(21(17,18)19)2-4-1-5(20(14,15)16)3-6(12)8(4)10(9)13;11-10-7-3-5-8-4-1-2-6-9(8)10/h1-3,12-13H,11H2,(H,14,15,16)(H,17,18,19);2-3,5-7H,1,4,11H2. The van der Waals surface area contributed by atoms with E-state index < -0.39 is 47.2 Å². The van der Waals surface area contributed by atoms with E-state index >= 15 is 0 Å². The van der Waals surface area contributed by atoms with Crippen LogP contribution in [0.5, 0.6) is 11.5 Å². The van der Waals surface area contributed by atoms with Crippen molar-refractivity contribution in [3.63, 3.8) is 0 Å². The van der Waals surface area contributed by atoms with Crippen LogP contribution in [-0.2, 0) is 26.7 Å². The summed E-state index contributed by atoms with van der Waals surface area (Å²) in [5.41, 5.74) is 13.9. The first-order valence-electron chi connectivity index (χ1n) is 9.07. The number of aromatic hydroxyl groups is 2. The summed E-state index contributed by atoms with van der Waals surface area (Å²) in [6.45, 7) is 0. The highest BCUT2D eigenvalue weighted by molar-refractivity contribution is 7.86. The van der Waals surface area contributed by atoms with E-state index in [1.165, 1.54) is 11.1 Å². The average molecular weight is 481 g/mol. The summed E-state index contributed by atoms with van der Waals surface area (Å²) < 4.78 is 62.3. The van der Waals surface area contributed by atoms with Crippen molar-refractivity contribution in [2.24, 2.45) is 0 Å². The van der Waals surface area contributed by atoms with Crippen molar-refractivity contribution in [2.75, 3.05) is 11.5 Å². The van der Waals surface area contributed by atoms with E-state index in [2.05, 4.69) is 18.2 Å². The summed E-state index contributed by atoms with van der Waals surface area (Å²) in [5.74, 6) is -1.59. The summed E-state index contributed by atoms with van der Waals surface area (Å²) in [5, 5.41) is 18.9. The van der Waals surface area contributed by atoms with E-state index in [4.69, 9.17) is 20.6 Å². The SMILES string of the molecule is Nc1c(S(=O)(=O)O)cc2cc(S(=O)(=O)O)cc(O)c2c1O.Nc1cccc2c1C=CCC2. The van der Waals surface area contributed by atoms with Crippen LogP contribution in [-0.4, -0.2) is 36.2 Å². The van der Waals surface area contributed by atoms with E-state index in [0.29, 0.717) is 6.07 Å². The lowest BCUT2D eigenvalue weighted by Gasteiger charge is -2.11. The molecule has 0 saturated heterocycles. The van der Waals surface area contributed by atoms with Crippen LogP contribution >= 0.6 is 0 Å². The first kappa shape index (κ1) is 23.3. The van der Waals surface area contributed by atoms with Crippen LogP contribution in [0.3, 0.4) is 0 Å². The number of phenolic OH excluding ortho intramolecular Hbond substituents is 2. The summed E-state index contributed by atoms with van der Waals surface area (Å²) in [4.78, 5) is -1.59. The Hall–Kier alpha value is -3.32. The van der Waals surface area contributed by atoms with Crippen LogP contribution in [0.25, 0.3) is 16.8 Å². The highest BCUT2D eigenvalue weighted by Crippen LogP contribution is 2.41. The quantitative estimate of drug-likeness (QED) is 0.180. The average Bonchev–Trinajstić information content (AvgIpc) is 2.69. The molecule has 12 heteroatoms. The molecule has 0 bridgehead atoms. The second-order valence-electron chi connectivity index (χ2n) is 6.99. The van der Waals surface area contributed by atoms with E-state index in [1.54, 1.807) is 0 Å². The molecule has 0 amide bonds. The number of anilines is 2. The van der Waals surface area contributed by atoms with Gasteiger partial charge in [-0.3, -0.25) is 9.11 Å². The van der Waals surface area contributed by atoms with Crippen LogP contribution in [0.15, 0.2) is 52.3 Å². The number of aryl methyl sites for hydroxylation is 1. The number of rotatable bonds is 2. The summed E-state index contributed by atoms with van der Waals surface area (Å²) in [6, 6.07) is 8.34. The van der Waals surface area contributed by atoms with Crippen molar-refractivity contribution in [3.8, 4) is 11.5 Å². The normalized spacial score (nSPS) is 13.3. The fraction of sp³-hybridized carbons (Fsp3) is 0.100. The molecule has 170 valence electrons. The molecule has 0 aromatic heterocycles. The van der Waals surface area contributed by atoms with E-state index in [9.17, 15) is 27.0 Å². The Labute approximate surface area is 183 Å². The maximum Gasteiger partial charge on any atom is 0.296 e. The van der Waals surface area contributed by atoms with Crippen LogP contribution < -0.4 is 11.5 Å². The van der Waals surface area contributed by atoms with Gasteiger partial charge in [-0.1, -0.05) is 24.3 Å². The Morgan fingerprint density at radius 2 is 1.59 bits per heavy atom. The highest BCUT2D eigenvalue weighted by atomic mass is 32.2. The molecule has 1 aliphatic rings. The molecule has 0 saturated carbocycles. The van der Waals surface area contributed by atoms with Gasteiger partial charge in [0.05, 0.1) is 16.0 Å². The third-order valence-corrected chi connectivity index (χ3v) is 6.56. The molecule has 0 unspecified atom stereocenters. The zero-order chi connectivity index (χ0) is 23.8. The molecule has 3 aromatic carbocycles. The number of hydrogen-bond donors (Lipinski definition) is 6. The first-order chi connectivity index (χ1) is 14.8. The number of nitrogen functional groups attached to an aromatic ring is 2. The Morgan fingerprint density at radius 1 is 0.906 bits per heavy atom. The third-order valence-electron chi connectivity index (χ3n) is 4.84. The molecule has 4 rings (SSSR count). The van der Waals surface area contributed by atoms with Crippen LogP contribution in [0, 0.1) is 0 Å². The topological polar surface area (TPSA) is 201 Å². The minimum Gasteiger partial charge on any atom is -0.507 e. The predicted molar refractivity (Wildman–Crippen MR) is 120 cm³/mol. The van der Waals surface area contributed by atoms with Crippen LogP contribution in [0.4, 0.5) is 11.4 Å². The Balaban J connectivity index is 0.000000219. The fourth-order valence-corrected chi connectivity index (χ4v) is 4.51. The Bertz CT molecular complexity index is 1460. The van der Waals surface area contributed by atoms with Gasteiger partial charge in [-0.15, -0.1) is 0 Å². The minimum absolute atomic E-state index is 0.262. The van der Waals surface area contributed by atoms with Gasteiger partial charge in [0.2, 0.25) is 0 Å². The summed E-state index contributed by atoms with van der Waals surface area (Å²) in [6.07, 6.45) is 6.58. The van der Waals surface area contributed by atoms with Crippen molar-refractivity contribution < 1.29 is 36.2 Å². The van der Waals surface area contributed by atoms with Crippen molar-refractivity contribution in [2.45, 2.75) is 22.6 Å². The van der Waals surface area contributed by atoms with Crippen LogP contribution in [0.2, 0.25) is 0 Å². The molecule has 3 aromatic rings. The lowest BCUT2D eigenvalue weighted by atomic mass is 9.96. The number of benzene rings is 3.